The second kappa shape index (κ2) is 5.10. The highest BCUT2D eigenvalue weighted by Crippen LogP contribution is 2.23. The van der Waals surface area contributed by atoms with Crippen molar-refractivity contribution in [3.8, 4) is 5.69 Å². The van der Waals surface area contributed by atoms with Crippen LogP contribution in [-0.2, 0) is 6.54 Å². The highest BCUT2D eigenvalue weighted by molar-refractivity contribution is 9.10. The normalized spacial score (nSPS) is 14.9. The molecule has 0 radical (unpaired) electrons. The van der Waals surface area contributed by atoms with E-state index in [1.807, 2.05) is 16.8 Å². The van der Waals surface area contributed by atoms with Gasteiger partial charge in [0, 0.05) is 28.3 Å². The summed E-state index contributed by atoms with van der Waals surface area (Å²) in [6.07, 6.45) is 2.63. The van der Waals surface area contributed by atoms with Gasteiger partial charge in [-0.05, 0) is 44.9 Å². The zero-order valence-corrected chi connectivity index (χ0v) is 12.9. The lowest BCUT2D eigenvalue weighted by Crippen LogP contribution is -2.16. The molecule has 4 heteroatoms. The van der Waals surface area contributed by atoms with Crippen molar-refractivity contribution >= 4 is 15.9 Å². The summed E-state index contributed by atoms with van der Waals surface area (Å²) in [6, 6.07) is 8.98. The lowest BCUT2D eigenvalue weighted by atomic mass is 10.2. The van der Waals surface area contributed by atoms with Crippen LogP contribution in [0.15, 0.2) is 28.7 Å². The number of rotatable bonds is 4. The van der Waals surface area contributed by atoms with Crippen molar-refractivity contribution in [1.29, 1.82) is 0 Å². The van der Waals surface area contributed by atoms with Crippen LogP contribution in [0.25, 0.3) is 5.69 Å². The second-order valence-corrected chi connectivity index (χ2v) is 6.11. The van der Waals surface area contributed by atoms with Crippen LogP contribution in [0.3, 0.4) is 0 Å². The van der Waals surface area contributed by atoms with E-state index in [9.17, 15) is 0 Å². The van der Waals surface area contributed by atoms with E-state index in [4.69, 9.17) is 0 Å². The van der Waals surface area contributed by atoms with Gasteiger partial charge in [0.15, 0.2) is 0 Å². The van der Waals surface area contributed by atoms with Crippen molar-refractivity contribution in [2.75, 3.05) is 0 Å². The molecule has 1 fully saturated rings. The van der Waals surface area contributed by atoms with Crippen LogP contribution in [0.5, 0.6) is 0 Å². The monoisotopic (exact) mass is 319 g/mol. The number of aryl methyl sites for hydroxylation is 1. The van der Waals surface area contributed by atoms with Crippen LogP contribution in [0.4, 0.5) is 0 Å². The molecular weight excluding hydrogens is 302 g/mol. The molecule has 3 nitrogen and oxygen atoms in total. The third kappa shape index (κ3) is 2.74. The van der Waals surface area contributed by atoms with Gasteiger partial charge in [0.2, 0.25) is 0 Å². The summed E-state index contributed by atoms with van der Waals surface area (Å²) < 4.78 is 3.11. The van der Waals surface area contributed by atoms with Crippen LogP contribution in [-0.4, -0.2) is 15.8 Å². The number of hydrogen-bond donors (Lipinski definition) is 1. The number of nitrogens with one attached hydrogen (secondary N) is 1. The zero-order chi connectivity index (χ0) is 13.4. The van der Waals surface area contributed by atoms with E-state index in [0.29, 0.717) is 0 Å². The Morgan fingerprint density at radius 3 is 2.84 bits per heavy atom. The maximum atomic E-state index is 4.68. The summed E-state index contributed by atoms with van der Waals surface area (Å²) in [6.45, 7) is 5.16. The van der Waals surface area contributed by atoms with E-state index in [1.54, 1.807) is 0 Å². The topological polar surface area (TPSA) is 29.9 Å². The van der Waals surface area contributed by atoms with Crippen molar-refractivity contribution in [3.63, 3.8) is 0 Å². The lowest BCUT2D eigenvalue weighted by Gasteiger charge is -2.06. The average Bonchev–Trinajstić information content (AvgIpc) is 3.15. The van der Waals surface area contributed by atoms with Crippen molar-refractivity contribution in [2.45, 2.75) is 39.3 Å². The molecule has 3 rings (SSSR count). The predicted octanol–water partition coefficient (Wildman–Crippen LogP) is 3.50. The molecule has 1 saturated carbocycles. The first-order valence-corrected chi connectivity index (χ1v) is 7.49. The maximum absolute atomic E-state index is 4.68. The predicted molar refractivity (Wildman–Crippen MR) is 80.6 cm³/mol. The van der Waals surface area contributed by atoms with Gasteiger partial charge in [0.05, 0.1) is 11.4 Å². The number of benzene rings is 1. The molecule has 0 unspecified atom stereocenters. The summed E-state index contributed by atoms with van der Waals surface area (Å²) in [5.41, 5.74) is 4.77. The second-order valence-electron chi connectivity index (χ2n) is 5.20. The van der Waals surface area contributed by atoms with E-state index in [0.717, 1.165) is 28.4 Å². The van der Waals surface area contributed by atoms with Crippen molar-refractivity contribution in [2.24, 2.45) is 0 Å². The molecule has 2 aromatic rings. The molecule has 0 bridgehead atoms. The Hall–Kier alpha value is -1.13. The van der Waals surface area contributed by atoms with Crippen molar-refractivity contribution in [3.05, 3.63) is 45.7 Å². The minimum absolute atomic E-state index is 0.730. The Morgan fingerprint density at radius 1 is 1.37 bits per heavy atom. The van der Waals surface area contributed by atoms with Crippen LogP contribution < -0.4 is 5.32 Å². The molecule has 1 aliphatic carbocycles. The lowest BCUT2D eigenvalue weighted by molar-refractivity contribution is 0.682. The van der Waals surface area contributed by atoms with Gasteiger partial charge >= 0.3 is 0 Å². The molecule has 0 spiro atoms. The fourth-order valence-electron chi connectivity index (χ4n) is 2.32. The Morgan fingerprint density at radius 2 is 2.16 bits per heavy atom. The zero-order valence-electron chi connectivity index (χ0n) is 11.3. The molecule has 1 aliphatic rings. The molecule has 100 valence electrons. The first kappa shape index (κ1) is 12.9. The van der Waals surface area contributed by atoms with Crippen LogP contribution in [0, 0.1) is 13.8 Å². The molecule has 1 N–H and O–H groups in total. The summed E-state index contributed by atoms with van der Waals surface area (Å²) >= 11 is 3.51. The number of halogens is 1. The van der Waals surface area contributed by atoms with Gasteiger partial charge in [0.1, 0.15) is 0 Å². The van der Waals surface area contributed by atoms with E-state index < -0.39 is 0 Å². The fourth-order valence-corrected chi connectivity index (χ4v) is 2.71. The summed E-state index contributed by atoms with van der Waals surface area (Å²) in [7, 11) is 0. The molecule has 1 heterocycles. The molecule has 19 heavy (non-hydrogen) atoms. The highest BCUT2D eigenvalue weighted by atomic mass is 79.9. The quantitative estimate of drug-likeness (QED) is 0.934. The number of aromatic nitrogens is 2. The summed E-state index contributed by atoms with van der Waals surface area (Å²) in [5, 5.41) is 8.24. The largest absolute Gasteiger partial charge is 0.310 e. The van der Waals surface area contributed by atoms with Crippen LogP contribution in [0.1, 0.15) is 29.8 Å². The Balaban J connectivity index is 1.91. The van der Waals surface area contributed by atoms with Gasteiger partial charge in [-0.1, -0.05) is 22.0 Å². The first-order valence-electron chi connectivity index (χ1n) is 6.69. The maximum Gasteiger partial charge on any atom is 0.0660 e. The minimum Gasteiger partial charge on any atom is -0.310 e. The standard InChI is InChI=1S/C15H18BrN3/c1-10-15(9-17-13-6-7-13)11(2)19(18-10)14-5-3-4-12(16)8-14/h3-5,8,13,17H,6-7,9H2,1-2H3. The Bertz CT molecular complexity index is 599. The summed E-state index contributed by atoms with van der Waals surface area (Å²) in [4.78, 5) is 0. The average molecular weight is 320 g/mol. The molecule has 0 aliphatic heterocycles. The molecule has 0 atom stereocenters. The van der Waals surface area contributed by atoms with Gasteiger partial charge in [-0.25, -0.2) is 4.68 Å². The Kier molecular flexibility index (Phi) is 3.46. The van der Waals surface area contributed by atoms with E-state index in [1.165, 1.54) is 24.1 Å². The van der Waals surface area contributed by atoms with Crippen molar-refractivity contribution < 1.29 is 0 Å². The first-order chi connectivity index (χ1) is 9.15. The van der Waals surface area contributed by atoms with Gasteiger partial charge in [0.25, 0.3) is 0 Å². The number of nitrogens with zero attached hydrogens (tertiary/aromatic N) is 2. The molecule has 1 aromatic carbocycles. The fraction of sp³-hybridized carbons (Fsp3) is 0.400. The highest BCUT2D eigenvalue weighted by Gasteiger charge is 2.21. The van der Waals surface area contributed by atoms with Gasteiger partial charge in [-0.2, -0.15) is 5.10 Å². The van der Waals surface area contributed by atoms with E-state index >= 15 is 0 Å². The molecule has 0 saturated heterocycles. The third-order valence-corrected chi connectivity index (χ3v) is 4.13. The molecular formula is C15H18BrN3. The van der Waals surface area contributed by atoms with Crippen LogP contribution in [0.2, 0.25) is 0 Å². The molecule has 1 aromatic heterocycles. The van der Waals surface area contributed by atoms with E-state index in [-0.39, 0.29) is 0 Å². The third-order valence-electron chi connectivity index (χ3n) is 3.64. The summed E-state index contributed by atoms with van der Waals surface area (Å²) in [5.74, 6) is 0. The number of hydrogen-bond acceptors (Lipinski definition) is 2. The molecule has 0 amide bonds. The smallest absolute Gasteiger partial charge is 0.0660 e. The van der Waals surface area contributed by atoms with Crippen molar-refractivity contribution in [1.82, 2.24) is 15.1 Å². The van der Waals surface area contributed by atoms with Gasteiger partial charge < -0.3 is 5.32 Å². The minimum atomic E-state index is 0.730. The van der Waals surface area contributed by atoms with Crippen LogP contribution >= 0.6 is 15.9 Å². The Labute approximate surface area is 122 Å². The SMILES string of the molecule is Cc1nn(-c2cccc(Br)c2)c(C)c1CNC1CC1. The van der Waals surface area contributed by atoms with Gasteiger partial charge in [-0.15, -0.1) is 0 Å². The van der Waals surface area contributed by atoms with E-state index in [2.05, 4.69) is 52.3 Å². The van der Waals surface area contributed by atoms with Gasteiger partial charge in [-0.3, -0.25) is 0 Å².